The van der Waals surface area contributed by atoms with Gasteiger partial charge in [-0.15, -0.1) is 0 Å². The van der Waals surface area contributed by atoms with E-state index in [9.17, 15) is 0 Å². The van der Waals surface area contributed by atoms with Gasteiger partial charge in [0.15, 0.2) is 0 Å². The molecule has 14 rings (SSSR count). The van der Waals surface area contributed by atoms with Crippen LogP contribution in [0.3, 0.4) is 0 Å². The van der Waals surface area contributed by atoms with Gasteiger partial charge >= 0.3 is 306 Å². The second-order valence-corrected chi connectivity index (χ2v) is 28.1. The molecule has 7 heteroatoms. The van der Waals surface area contributed by atoms with Crippen molar-refractivity contribution in [3.8, 4) is 78.5 Å². The van der Waals surface area contributed by atoms with E-state index in [2.05, 4.69) is 368 Å². The van der Waals surface area contributed by atoms with Crippen LogP contribution in [0.25, 0.3) is 78.0 Å². The van der Waals surface area contributed by atoms with Crippen molar-refractivity contribution in [2.45, 2.75) is 85.5 Å². The maximum atomic E-state index is 7.19. The molecule has 13 aromatic rings. The second-order valence-electron chi connectivity index (χ2n) is 27.1. The minimum atomic E-state index is -0.168. The van der Waals surface area contributed by atoms with E-state index in [1.165, 1.54) is 16.7 Å². The monoisotopic (exact) mass is 1370 g/mol. The fraction of sp³-hybridized carbons (Fsp3) is 0.153. The van der Waals surface area contributed by atoms with E-state index < -0.39 is 0 Å². The average molecular weight is 1380 g/mol. The van der Waals surface area contributed by atoms with Gasteiger partial charge in [0.1, 0.15) is 0 Å². The van der Waals surface area contributed by atoms with Crippen LogP contribution in [-0.4, -0.2) is 14.1 Å². The molecule has 3 heterocycles. The van der Waals surface area contributed by atoms with Crippen molar-refractivity contribution < 1.29 is 24.1 Å². The summed E-state index contributed by atoms with van der Waals surface area (Å²) in [6, 6.07) is 99.7. The number of nitrogens with zero attached hydrogens (tertiary/aromatic N) is 5. The minimum Gasteiger partial charge on any atom is -0.0579 e. The molecule has 0 amide bonds. The van der Waals surface area contributed by atoms with E-state index in [-0.39, 0.29) is 16.2 Å². The normalized spacial score (nSPS) is 12.5. The van der Waals surface area contributed by atoms with E-state index in [0.717, 1.165) is 122 Å². The summed E-state index contributed by atoms with van der Waals surface area (Å²) in [4.78, 5) is 10.3. The van der Waals surface area contributed by atoms with Gasteiger partial charge in [0.25, 0.3) is 0 Å². The van der Waals surface area contributed by atoms with Gasteiger partial charge in [-0.2, -0.15) is 0 Å². The Labute approximate surface area is 552 Å². The Morgan fingerprint density at radius 3 is 1.46 bits per heavy atom. The van der Waals surface area contributed by atoms with E-state index in [1.807, 2.05) is 12.3 Å². The van der Waals surface area contributed by atoms with Gasteiger partial charge < -0.3 is 4.90 Å². The predicted octanol–water partition coefficient (Wildman–Crippen LogP) is 23.1. The van der Waals surface area contributed by atoms with Crippen molar-refractivity contribution in [1.82, 2.24) is 14.1 Å². The number of pyridine rings is 1. The Morgan fingerprint density at radius 2 is 0.859 bits per heavy atom. The van der Waals surface area contributed by atoms with Crippen LogP contribution in [0.4, 0.5) is 34.3 Å². The van der Waals surface area contributed by atoms with Crippen LogP contribution in [0.1, 0.15) is 84.6 Å². The van der Waals surface area contributed by atoms with Crippen molar-refractivity contribution in [3.63, 3.8) is 0 Å². The Balaban J connectivity index is 0.983. The summed E-state index contributed by atoms with van der Waals surface area (Å²) in [6.45, 7) is 22.8. The molecule has 2 aromatic heterocycles. The third kappa shape index (κ3) is 11.1. The zero-order valence-corrected chi connectivity index (χ0v) is 56.1. The predicted molar refractivity (Wildman–Crippen MR) is 379 cm³/mol. The molecule has 92 heavy (non-hydrogen) atoms. The van der Waals surface area contributed by atoms with Gasteiger partial charge in [0.2, 0.25) is 0 Å². The number of hydrogen-bond acceptors (Lipinski definition) is 4. The van der Waals surface area contributed by atoms with Crippen LogP contribution in [0.2, 0.25) is 0 Å². The minimum absolute atomic E-state index is 0.0287. The molecule has 1 aliphatic heterocycles. The molecule has 0 atom stereocenters. The first-order valence-electron chi connectivity index (χ1n) is 31.7. The number of rotatable bonds is 9. The molecule has 11 aromatic carbocycles. The van der Waals surface area contributed by atoms with Crippen LogP contribution in [0.15, 0.2) is 261 Å². The van der Waals surface area contributed by atoms with Gasteiger partial charge in [-0.25, -0.2) is 0 Å². The fourth-order valence-corrected chi connectivity index (χ4v) is 14.0. The summed E-state index contributed by atoms with van der Waals surface area (Å²) in [5.41, 5.74) is 24.4. The second kappa shape index (κ2) is 23.7. The smallest absolute Gasteiger partial charge is 0.0579 e. The molecule has 456 valence electrons. The maximum absolute atomic E-state index is 7.19. The Bertz CT molecular complexity index is 4930. The summed E-state index contributed by atoms with van der Waals surface area (Å²) < 4.78 is 12.9. The van der Waals surface area contributed by atoms with Gasteiger partial charge in [-0.05, 0) is 75.3 Å². The summed E-state index contributed by atoms with van der Waals surface area (Å²) >= 11 is 2.50. The number of hydrogen-bond donors (Lipinski definition) is 0. The molecular formula is C85H73N5OPt-2. The summed E-state index contributed by atoms with van der Waals surface area (Å²) in [5.74, 6) is 1.82. The molecule has 1 aliphatic rings. The first-order valence-corrected chi connectivity index (χ1v) is 32.8. The topological polar surface area (TPSA) is 38.5 Å². The third-order valence-electron chi connectivity index (χ3n) is 17.8. The van der Waals surface area contributed by atoms with Crippen molar-refractivity contribution in [3.05, 3.63) is 299 Å². The number of aryl methyl sites for hydroxylation is 1. The first-order chi connectivity index (χ1) is 44.4. The standard InChI is InChI=1S/C85H73N5O.Pt/c1-57-50-81(86-55-74(57)60-40-42-61(43-41-60)83(2,3)4)90-75-37-21-20-34-70(75)71-47-44-62(84(5,6)7)51-78(71)89(64-30-18-13-19-31-64)79-52-63(85(8,9)10)45-48-72(79)73-49-46-67(54-80(73)90)91-66-33-24-32-65(53-66)87-56-88(77-39-23-22-38-76(77)87)82-68(58-26-14-11-15-27-58)35-25-36-69(82)59-28-16-12-17-29-59;/h11-52,55H,1-10H3;/q-2;. The molecule has 0 saturated carbocycles. The molecule has 0 fully saturated rings. The Hall–Kier alpha value is -9.87. The van der Waals surface area contributed by atoms with E-state index in [0.29, 0.717) is 11.5 Å². The Kier molecular flexibility index (Phi) is 15.4. The molecular weight excluding hydrogens is 1300 g/mol. The number of aromatic nitrogens is 3. The number of anilines is 6. The quantitative estimate of drug-likeness (QED) is 0.135. The molecule has 0 radical (unpaired) electrons. The summed E-state index contributed by atoms with van der Waals surface area (Å²) in [7, 11) is 0. The van der Waals surface area contributed by atoms with Crippen LogP contribution in [0.5, 0.6) is 11.5 Å². The molecule has 0 spiro atoms. The van der Waals surface area contributed by atoms with Crippen molar-refractivity contribution in [1.29, 1.82) is 0 Å². The molecule has 0 saturated heterocycles. The molecule has 0 N–H and O–H groups in total. The average Bonchev–Trinajstić information content (AvgIpc) is 1.27. The molecule has 0 bridgehead atoms. The van der Waals surface area contributed by atoms with E-state index in [4.69, 9.17) is 9.72 Å². The van der Waals surface area contributed by atoms with Crippen LogP contribution in [-0.2, 0) is 35.6 Å². The number of para-hydroxylation sites is 5. The van der Waals surface area contributed by atoms with Crippen molar-refractivity contribution in [2.75, 3.05) is 9.80 Å². The van der Waals surface area contributed by atoms with Gasteiger partial charge in [0, 0.05) is 23.0 Å². The number of benzene rings is 11. The summed E-state index contributed by atoms with van der Waals surface area (Å²) in [6.07, 6.45) is 2.04. The Morgan fingerprint density at radius 1 is 0.380 bits per heavy atom. The van der Waals surface area contributed by atoms with Crippen LogP contribution in [0, 0.1) is 22.9 Å². The molecule has 6 nitrogen and oxygen atoms in total. The number of ether oxygens (including phenoxy) is 1. The molecule has 0 unspecified atom stereocenters. The SMILES string of the molecule is Cc1cc(N2c3[c-]c(Oc4[c-]c(-n5[c](=[Pt])n(-c6c(-c7ccccc7)cccc6-c6ccccc6)c6ccccc65)ccc4)ccc3-c3ccc(C(C)(C)C)cc3N(c3ccccc3)c3cc(C(C)(C)C)ccc3-c3ccccc32)ncc1-c1ccc(C(C)(C)C)cc1. The summed E-state index contributed by atoms with van der Waals surface area (Å²) in [5, 5.41) is 0. The van der Waals surface area contributed by atoms with Crippen molar-refractivity contribution >= 4 is 45.3 Å². The van der Waals surface area contributed by atoms with Crippen LogP contribution >= 0.6 is 0 Å². The van der Waals surface area contributed by atoms with Gasteiger partial charge in [-0.1, -0.05) is 141 Å². The van der Waals surface area contributed by atoms with Crippen LogP contribution < -0.4 is 14.5 Å². The number of fused-ring (bicyclic) bond motifs is 7. The zero-order chi connectivity index (χ0) is 63.6. The van der Waals surface area contributed by atoms with Gasteiger partial charge in [-0.3, -0.25) is 0 Å². The van der Waals surface area contributed by atoms with Gasteiger partial charge in [0.05, 0.1) is 5.69 Å². The van der Waals surface area contributed by atoms with E-state index >= 15 is 0 Å². The van der Waals surface area contributed by atoms with Crippen molar-refractivity contribution in [2.24, 2.45) is 0 Å². The fourth-order valence-electron chi connectivity index (χ4n) is 12.9. The molecule has 0 aliphatic carbocycles. The number of imidazole rings is 1. The zero-order valence-electron chi connectivity index (χ0n) is 53.8. The first kappa shape index (κ1) is 59.7. The van der Waals surface area contributed by atoms with E-state index in [1.54, 1.807) is 0 Å². The third-order valence-corrected chi connectivity index (χ3v) is 18.8.